The number of rotatable bonds is 2. The summed E-state index contributed by atoms with van der Waals surface area (Å²) in [7, 11) is 1.80. The number of carbonyl (C=O) groups is 2. The lowest BCUT2D eigenvalue weighted by molar-refractivity contribution is -0.136. The molecule has 0 saturated heterocycles. The number of hydrogen-bond acceptors (Lipinski definition) is 3. The number of hydrogen-bond donors (Lipinski definition) is 2. The van der Waals surface area contributed by atoms with Gasteiger partial charge < -0.3 is 10.6 Å². The molecule has 0 radical (unpaired) electrons. The highest BCUT2D eigenvalue weighted by Crippen LogP contribution is 2.19. The van der Waals surface area contributed by atoms with Gasteiger partial charge in [0.25, 0.3) is 0 Å². The summed E-state index contributed by atoms with van der Waals surface area (Å²) in [5, 5.41) is 9.60. The largest absolute Gasteiger partial charge is 0.345 e. The van der Waals surface area contributed by atoms with E-state index in [2.05, 4.69) is 15.7 Å². The van der Waals surface area contributed by atoms with Crippen molar-refractivity contribution in [2.75, 3.05) is 5.32 Å². The van der Waals surface area contributed by atoms with Gasteiger partial charge in [-0.05, 0) is 26.7 Å². The van der Waals surface area contributed by atoms with Crippen molar-refractivity contribution in [1.82, 2.24) is 15.1 Å². The van der Waals surface area contributed by atoms with Gasteiger partial charge in [-0.1, -0.05) is 12.8 Å². The van der Waals surface area contributed by atoms with E-state index in [1.165, 1.54) is 0 Å². The lowest BCUT2D eigenvalue weighted by Crippen LogP contribution is -2.40. The third kappa shape index (κ3) is 2.94. The fourth-order valence-electron chi connectivity index (χ4n) is 2.45. The molecule has 1 saturated carbocycles. The molecule has 2 rings (SSSR count). The topological polar surface area (TPSA) is 76.0 Å². The first-order valence-corrected chi connectivity index (χ1v) is 6.61. The molecule has 0 atom stereocenters. The Kier molecular flexibility index (Phi) is 3.87. The first-order chi connectivity index (χ1) is 8.99. The molecule has 1 aromatic heterocycles. The molecule has 2 N–H and O–H groups in total. The average molecular weight is 264 g/mol. The minimum atomic E-state index is -0.619. The van der Waals surface area contributed by atoms with E-state index in [4.69, 9.17) is 0 Å². The van der Waals surface area contributed by atoms with Crippen molar-refractivity contribution in [2.45, 2.75) is 45.6 Å². The first-order valence-electron chi connectivity index (χ1n) is 6.61. The van der Waals surface area contributed by atoms with Crippen LogP contribution in [-0.4, -0.2) is 27.6 Å². The zero-order valence-corrected chi connectivity index (χ0v) is 11.6. The van der Waals surface area contributed by atoms with Gasteiger partial charge in [0.1, 0.15) is 0 Å². The Morgan fingerprint density at radius 2 is 1.84 bits per heavy atom. The molecule has 1 fully saturated rings. The maximum atomic E-state index is 11.9. The van der Waals surface area contributed by atoms with Gasteiger partial charge in [-0.2, -0.15) is 5.10 Å². The van der Waals surface area contributed by atoms with Crippen LogP contribution in [0.5, 0.6) is 0 Å². The van der Waals surface area contributed by atoms with Crippen LogP contribution in [0, 0.1) is 13.8 Å². The number of aromatic nitrogens is 2. The van der Waals surface area contributed by atoms with Crippen LogP contribution < -0.4 is 10.6 Å². The molecule has 1 aromatic rings. The molecule has 0 bridgehead atoms. The molecule has 1 aliphatic carbocycles. The van der Waals surface area contributed by atoms with Crippen molar-refractivity contribution in [3.05, 3.63) is 11.4 Å². The fraction of sp³-hybridized carbons (Fsp3) is 0.615. The molecule has 0 unspecified atom stereocenters. The number of carbonyl (C=O) groups excluding carboxylic acids is 2. The van der Waals surface area contributed by atoms with Crippen molar-refractivity contribution < 1.29 is 9.59 Å². The molecule has 2 amide bonds. The maximum Gasteiger partial charge on any atom is 0.313 e. The standard InChI is InChI=1S/C13H20N4O2/c1-8-11(9(2)17(3)16-8)15-13(19)12(18)14-10-6-4-5-7-10/h10H,4-7H2,1-3H3,(H,14,18)(H,15,19). The van der Waals surface area contributed by atoms with E-state index in [9.17, 15) is 9.59 Å². The summed E-state index contributed by atoms with van der Waals surface area (Å²) in [5.41, 5.74) is 2.16. The van der Waals surface area contributed by atoms with E-state index in [-0.39, 0.29) is 6.04 Å². The van der Waals surface area contributed by atoms with Crippen molar-refractivity contribution in [1.29, 1.82) is 0 Å². The van der Waals surface area contributed by atoms with Crippen LogP contribution in [0.25, 0.3) is 0 Å². The van der Waals surface area contributed by atoms with Crippen LogP contribution in [0.1, 0.15) is 37.1 Å². The van der Waals surface area contributed by atoms with Crippen molar-refractivity contribution in [2.24, 2.45) is 7.05 Å². The van der Waals surface area contributed by atoms with Crippen molar-refractivity contribution >= 4 is 17.5 Å². The van der Waals surface area contributed by atoms with Gasteiger partial charge in [-0.3, -0.25) is 14.3 Å². The van der Waals surface area contributed by atoms with Gasteiger partial charge >= 0.3 is 11.8 Å². The smallest absolute Gasteiger partial charge is 0.313 e. The van der Waals surface area contributed by atoms with E-state index >= 15 is 0 Å². The second-order valence-corrected chi connectivity index (χ2v) is 5.08. The zero-order chi connectivity index (χ0) is 14.0. The Hall–Kier alpha value is -1.85. The van der Waals surface area contributed by atoms with Crippen LogP contribution in [0.4, 0.5) is 5.69 Å². The minimum Gasteiger partial charge on any atom is -0.345 e. The normalized spacial score (nSPS) is 15.5. The molecule has 0 spiro atoms. The van der Waals surface area contributed by atoms with Crippen LogP contribution in [0.15, 0.2) is 0 Å². The number of nitrogens with one attached hydrogen (secondary N) is 2. The van der Waals surface area contributed by atoms with Gasteiger partial charge in [0.05, 0.1) is 17.1 Å². The average Bonchev–Trinajstić information content (AvgIpc) is 2.94. The molecule has 1 aliphatic rings. The van der Waals surface area contributed by atoms with Gasteiger partial charge in [-0.15, -0.1) is 0 Å². The van der Waals surface area contributed by atoms with Gasteiger partial charge in [0, 0.05) is 13.1 Å². The highest BCUT2D eigenvalue weighted by atomic mass is 16.2. The summed E-state index contributed by atoms with van der Waals surface area (Å²) in [4.78, 5) is 23.6. The summed E-state index contributed by atoms with van der Waals surface area (Å²) in [6.45, 7) is 3.65. The Bertz CT molecular complexity index is 501. The Balaban J connectivity index is 1.98. The van der Waals surface area contributed by atoms with E-state index in [0.29, 0.717) is 11.4 Å². The molecule has 19 heavy (non-hydrogen) atoms. The van der Waals surface area contributed by atoms with E-state index in [1.54, 1.807) is 18.7 Å². The zero-order valence-electron chi connectivity index (χ0n) is 11.6. The Morgan fingerprint density at radius 3 is 2.37 bits per heavy atom. The summed E-state index contributed by atoms with van der Waals surface area (Å²) in [6.07, 6.45) is 4.16. The van der Waals surface area contributed by atoms with Gasteiger partial charge in [0.2, 0.25) is 0 Å². The second-order valence-electron chi connectivity index (χ2n) is 5.08. The SMILES string of the molecule is Cc1nn(C)c(C)c1NC(=O)C(=O)NC1CCCC1. The summed E-state index contributed by atoms with van der Waals surface area (Å²) in [6, 6.07) is 0.148. The summed E-state index contributed by atoms with van der Waals surface area (Å²) >= 11 is 0. The quantitative estimate of drug-likeness (QED) is 0.783. The van der Waals surface area contributed by atoms with Crippen LogP contribution in [0.2, 0.25) is 0 Å². The van der Waals surface area contributed by atoms with Crippen LogP contribution >= 0.6 is 0 Å². The summed E-state index contributed by atoms with van der Waals surface area (Å²) < 4.78 is 1.68. The second kappa shape index (κ2) is 5.42. The van der Waals surface area contributed by atoms with E-state index in [1.807, 2.05) is 6.92 Å². The predicted octanol–water partition coefficient (Wildman–Crippen LogP) is 1.03. The van der Waals surface area contributed by atoms with E-state index < -0.39 is 11.8 Å². The third-order valence-corrected chi connectivity index (χ3v) is 3.64. The third-order valence-electron chi connectivity index (χ3n) is 3.64. The molecule has 6 heteroatoms. The molecule has 6 nitrogen and oxygen atoms in total. The predicted molar refractivity (Wildman–Crippen MR) is 71.7 cm³/mol. The Labute approximate surface area is 112 Å². The maximum absolute atomic E-state index is 11.9. The van der Waals surface area contributed by atoms with E-state index in [0.717, 1.165) is 31.4 Å². The molecular weight excluding hydrogens is 244 g/mol. The van der Waals surface area contributed by atoms with Crippen molar-refractivity contribution in [3.63, 3.8) is 0 Å². The highest BCUT2D eigenvalue weighted by molar-refractivity contribution is 6.39. The Morgan fingerprint density at radius 1 is 1.21 bits per heavy atom. The number of anilines is 1. The summed E-state index contributed by atoms with van der Waals surface area (Å²) in [5.74, 6) is -1.18. The lowest BCUT2D eigenvalue weighted by atomic mass is 10.2. The minimum absolute atomic E-state index is 0.148. The number of nitrogens with zero attached hydrogens (tertiary/aromatic N) is 2. The number of amides is 2. The molecule has 0 aromatic carbocycles. The van der Waals surface area contributed by atoms with Crippen LogP contribution in [-0.2, 0) is 16.6 Å². The van der Waals surface area contributed by atoms with Gasteiger partial charge in [0.15, 0.2) is 0 Å². The van der Waals surface area contributed by atoms with Gasteiger partial charge in [-0.25, -0.2) is 0 Å². The molecule has 104 valence electrons. The molecule has 1 heterocycles. The monoisotopic (exact) mass is 264 g/mol. The van der Waals surface area contributed by atoms with Crippen LogP contribution in [0.3, 0.4) is 0 Å². The highest BCUT2D eigenvalue weighted by Gasteiger charge is 2.23. The molecule has 0 aliphatic heterocycles. The number of aryl methyl sites for hydroxylation is 2. The lowest BCUT2D eigenvalue weighted by Gasteiger charge is -2.11. The first kappa shape index (κ1) is 13.6. The fourth-order valence-corrected chi connectivity index (χ4v) is 2.45. The molecular formula is C13H20N4O2. The van der Waals surface area contributed by atoms with Crippen molar-refractivity contribution in [3.8, 4) is 0 Å².